The lowest BCUT2D eigenvalue weighted by Gasteiger charge is -2.08. The van der Waals surface area contributed by atoms with Crippen LogP contribution in [0.3, 0.4) is 0 Å². The summed E-state index contributed by atoms with van der Waals surface area (Å²) in [4.78, 5) is 25.5. The van der Waals surface area contributed by atoms with Gasteiger partial charge in [0.25, 0.3) is 0 Å². The molecule has 4 aromatic carbocycles. The largest absolute Gasteiger partial charge is 0.386 e. The average Bonchev–Trinajstić information content (AvgIpc) is 2.77. The van der Waals surface area contributed by atoms with Crippen LogP contribution in [0.15, 0.2) is 74.7 Å². The van der Waals surface area contributed by atoms with Gasteiger partial charge in [0.05, 0.1) is 20.8 Å². The molecule has 0 amide bonds. The third-order valence-corrected chi connectivity index (χ3v) is 5.44. The molecule has 0 unspecified atom stereocenters. The van der Waals surface area contributed by atoms with Gasteiger partial charge in [-0.2, -0.15) is 0 Å². The monoisotopic (exact) mass is 392 g/mol. The highest BCUT2D eigenvalue weighted by molar-refractivity contribution is 6.42. The van der Waals surface area contributed by atoms with Crippen LogP contribution in [0.25, 0.3) is 43.1 Å². The highest BCUT2D eigenvalue weighted by Gasteiger charge is 2.18. The van der Waals surface area contributed by atoms with Crippen LogP contribution in [0.4, 0.5) is 0 Å². The summed E-state index contributed by atoms with van der Waals surface area (Å²) in [5, 5.41) is 5.29. The zero-order chi connectivity index (χ0) is 18.7. The first-order valence-corrected chi connectivity index (χ1v) is 9.01. The van der Waals surface area contributed by atoms with E-state index in [4.69, 9.17) is 27.6 Å². The van der Waals surface area contributed by atoms with Gasteiger partial charge in [-0.25, -0.2) is 9.59 Å². The normalized spacial score (nSPS) is 11.6. The molecule has 1 heterocycles. The molecule has 0 fully saturated rings. The Labute approximate surface area is 162 Å². The maximum absolute atomic E-state index is 12.7. The van der Waals surface area contributed by atoms with Crippen LogP contribution in [0.2, 0.25) is 10.0 Å². The van der Waals surface area contributed by atoms with Gasteiger partial charge in [0.2, 0.25) is 0 Å². The second-order valence-electron chi connectivity index (χ2n) is 6.34. The van der Waals surface area contributed by atoms with E-state index in [1.807, 2.05) is 48.5 Å². The smallest absolute Gasteiger partial charge is 0.348 e. The lowest BCUT2D eigenvalue weighted by molar-refractivity contribution is 0.491. The van der Waals surface area contributed by atoms with Crippen molar-refractivity contribution < 1.29 is 4.42 Å². The minimum absolute atomic E-state index is 0.176. The van der Waals surface area contributed by atoms with Crippen LogP contribution in [-0.4, -0.2) is 0 Å². The second kappa shape index (κ2) is 5.81. The molecule has 0 spiro atoms. The van der Waals surface area contributed by atoms with Crippen molar-refractivity contribution in [3.05, 3.63) is 91.5 Å². The molecule has 0 radical (unpaired) electrons. The molecule has 0 aliphatic heterocycles. The molecular weight excluding hydrogens is 383 g/mol. The topological polar surface area (TPSA) is 47.3 Å². The minimum Gasteiger partial charge on any atom is -0.386 e. The third kappa shape index (κ3) is 2.29. The summed E-state index contributed by atoms with van der Waals surface area (Å²) in [5.41, 5.74) is -1.55. The molecule has 0 atom stereocenters. The van der Waals surface area contributed by atoms with E-state index in [1.54, 1.807) is 12.1 Å². The Morgan fingerprint density at radius 1 is 0.593 bits per heavy atom. The molecule has 0 aliphatic carbocycles. The fraction of sp³-hybridized carbons (Fsp3) is 0. The van der Waals surface area contributed by atoms with Gasteiger partial charge in [-0.05, 0) is 33.7 Å². The highest BCUT2D eigenvalue weighted by Crippen LogP contribution is 2.38. The molecule has 0 bridgehead atoms. The van der Waals surface area contributed by atoms with Crippen molar-refractivity contribution in [2.75, 3.05) is 0 Å². The van der Waals surface area contributed by atoms with E-state index in [1.165, 1.54) is 0 Å². The van der Waals surface area contributed by atoms with Crippen LogP contribution in [-0.2, 0) is 0 Å². The zero-order valence-corrected chi connectivity index (χ0v) is 15.3. The molecule has 1 aromatic heterocycles. The van der Waals surface area contributed by atoms with Gasteiger partial charge in [-0.15, -0.1) is 0 Å². The number of hydrogen-bond acceptors (Lipinski definition) is 3. The first-order chi connectivity index (χ1) is 13.1. The standard InChI is InChI=1S/C22H10Cl2O3/c23-15-9-11-5-1-3-7-13(11)17-18-14-8-4-2-6-12(14)10-16(24)20(18)22(26)27-21(25)19(15)17/h1-10H. The summed E-state index contributed by atoms with van der Waals surface area (Å²) in [7, 11) is 0. The maximum atomic E-state index is 12.7. The number of benzene rings is 4. The van der Waals surface area contributed by atoms with Crippen molar-refractivity contribution in [3.63, 3.8) is 0 Å². The molecule has 3 nitrogen and oxygen atoms in total. The molecule has 0 N–H and O–H groups in total. The Balaban J connectivity index is 2.36. The van der Waals surface area contributed by atoms with E-state index in [2.05, 4.69) is 0 Å². The summed E-state index contributed by atoms with van der Waals surface area (Å²) in [5.74, 6) is 0. The quantitative estimate of drug-likeness (QED) is 0.328. The number of rotatable bonds is 0. The Morgan fingerprint density at radius 3 is 1.44 bits per heavy atom. The van der Waals surface area contributed by atoms with Crippen molar-refractivity contribution in [1.82, 2.24) is 0 Å². The lowest BCUT2D eigenvalue weighted by atomic mass is 9.96. The number of halogens is 2. The van der Waals surface area contributed by atoms with Gasteiger partial charge in [0, 0.05) is 10.8 Å². The van der Waals surface area contributed by atoms with E-state index in [0.29, 0.717) is 10.8 Å². The molecule has 0 saturated carbocycles. The molecular formula is C22H10Cl2O3. The Kier molecular flexibility index (Phi) is 3.51. The molecule has 27 heavy (non-hydrogen) atoms. The molecule has 5 aromatic rings. The van der Waals surface area contributed by atoms with Gasteiger partial charge in [0.15, 0.2) is 0 Å². The van der Waals surface area contributed by atoms with Gasteiger partial charge in [-0.1, -0.05) is 71.7 Å². The molecule has 0 saturated heterocycles. The molecule has 5 rings (SSSR count). The fourth-order valence-corrected chi connectivity index (χ4v) is 4.31. The number of hydrogen-bond donors (Lipinski definition) is 0. The van der Waals surface area contributed by atoms with Crippen LogP contribution in [0, 0.1) is 0 Å². The van der Waals surface area contributed by atoms with Crippen molar-refractivity contribution in [2.45, 2.75) is 0 Å². The van der Waals surface area contributed by atoms with E-state index in [0.717, 1.165) is 21.5 Å². The lowest BCUT2D eigenvalue weighted by Crippen LogP contribution is -2.05. The van der Waals surface area contributed by atoms with Crippen LogP contribution < -0.4 is 11.3 Å². The molecule has 5 heteroatoms. The van der Waals surface area contributed by atoms with Crippen LogP contribution in [0.5, 0.6) is 0 Å². The number of fused-ring (bicyclic) bond motifs is 7. The van der Waals surface area contributed by atoms with Gasteiger partial charge in [-0.3, -0.25) is 0 Å². The second-order valence-corrected chi connectivity index (χ2v) is 7.15. The van der Waals surface area contributed by atoms with Gasteiger partial charge in [0.1, 0.15) is 0 Å². The molecule has 130 valence electrons. The minimum atomic E-state index is -0.776. The Hall–Kier alpha value is -2.88. The van der Waals surface area contributed by atoms with Crippen molar-refractivity contribution in [3.8, 4) is 0 Å². The van der Waals surface area contributed by atoms with E-state index < -0.39 is 11.3 Å². The van der Waals surface area contributed by atoms with Crippen LogP contribution in [0.1, 0.15) is 0 Å². The Morgan fingerprint density at radius 2 is 1.00 bits per heavy atom. The van der Waals surface area contributed by atoms with Gasteiger partial charge < -0.3 is 4.42 Å². The molecule has 0 aliphatic rings. The van der Waals surface area contributed by atoms with Crippen molar-refractivity contribution in [2.24, 2.45) is 0 Å². The van der Waals surface area contributed by atoms with E-state index in [9.17, 15) is 9.59 Å². The van der Waals surface area contributed by atoms with Gasteiger partial charge >= 0.3 is 11.3 Å². The van der Waals surface area contributed by atoms with Crippen molar-refractivity contribution in [1.29, 1.82) is 0 Å². The third-order valence-electron chi connectivity index (χ3n) is 4.85. The summed E-state index contributed by atoms with van der Waals surface area (Å²) >= 11 is 12.9. The summed E-state index contributed by atoms with van der Waals surface area (Å²) in [6.45, 7) is 0. The SMILES string of the molecule is O=c1oc(=O)c2c(Cl)cc3ccccc3c2c2c1c(Cl)cc1ccccc12. The predicted molar refractivity (Wildman–Crippen MR) is 111 cm³/mol. The zero-order valence-electron chi connectivity index (χ0n) is 13.8. The van der Waals surface area contributed by atoms with E-state index >= 15 is 0 Å². The summed E-state index contributed by atoms with van der Waals surface area (Å²) in [6.07, 6.45) is 0. The summed E-state index contributed by atoms with van der Waals surface area (Å²) in [6, 6.07) is 18.6. The maximum Gasteiger partial charge on any atom is 0.348 e. The first kappa shape index (κ1) is 16.3. The summed E-state index contributed by atoms with van der Waals surface area (Å²) < 4.78 is 5.08. The average molecular weight is 393 g/mol. The fourth-order valence-electron chi connectivity index (χ4n) is 3.73. The van der Waals surface area contributed by atoms with Crippen molar-refractivity contribution >= 4 is 66.3 Å². The predicted octanol–water partition coefficient (Wildman–Crippen LogP) is 5.92. The van der Waals surface area contributed by atoms with E-state index in [-0.39, 0.29) is 20.8 Å². The Bertz CT molecular complexity index is 1420. The van der Waals surface area contributed by atoms with Crippen LogP contribution >= 0.6 is 23.2 Å². The highest BCUT2D eigenvalue weighted by atomic mass is 35.5. The first-order valence-electron chi connectivity index (χ1n) is 8.25.